The van der Waals surface area contributed by atoms with Crippen LogP contribution in [0, 0.1) is 0 Å². The van der Waals surface area contributed by atoms with Crippen LogP contribution in [0.3, 0.4) is 0 Å². The zero-order valence-corrected chi connectivity index (χ0v) is 11.7. The number of hydrogen-bond donors (Lipinski definition) is 0. The molecule has 0 radical (unpaired) electrons. The van der Waals surface area contributed by atoms with E-state index in [0.717, 1.165) is 6.29 Å². The van der Waals surface area contributed by atoms with Crippen molar-refractivity contribution in [1.82, 2.24) is 0 Å². The molecule has 2 aromatic rings. The first-order valence-electron chi connectivity index (χ1n) is 6.68. The first kappa shape index (κ1) is 14.8. The average Bonchev–Trinajstić information content (AvgIpc) is 2.54. The molecule has 0 aliphatic carbocycles. The lowest BCUT2D eigenvalue weighted by Gasteiger charge is -2.18. The molecule has 0 aliphatic heterocycles. The summed E-state index contributed by atoms with van der Waals surface area (Å²) in [7, 11) is 0. The third kappa shape index (κ3) is 3.92. The Morgan fingerprint density at radius 3 is 2.57 bits per heavy atom. The highest BCUT2D eigenvalue weighted by Gasteiger charge is 2.24. The number of carbonyl (C=O) groups is 2. The Hall–Kier alpha value is -2.62. The summed E-state index contributed by atoms with van der Waals surface area (Å²) in [4.78, 5) is 22.9. The molecule has 0 bridgehead atoms. The van der Waals surface area contributed by atoms with Gasteiger partial charge in [0.1, 0.15) is 12.0 Å². The molecule has 2 aromatic carbocycles. The van der Waals surface area contributed by atoms with Crippen molar-refractivity contribution in [1.29, 1.82) is 0 Å². The van der Waals surface area contributed by atoms with Gasteiger partial charge < -0.3 is 9.47 Å². The molecule has 0 spiro atoms. The SMILES string of the molecule is CCOC(=O)C(Oc1cccc(C=O)c1)c1ccccc1. The van der Waals surface area contributed by atoms with Crippen molar-refractivity contribution in [3.05, 3.63) is 65.7 Å². The number of ether oxygens (including phenoxy) is 2. The summed E-state index contributed by atoms with van der Waals surface area (Å²) in [6, 6.07) is 15.8. The minimum absolute atomic E-state index is 0.278. The second-order valence-electron chi connectivity index (χ2n) is 4.35. The fourth-order valence-corrected chi connectivity index (χ4v) is 1.90. The molecular weight excluding hydrogens is 268 g/mol. The Morgan fingerprint density at radius 1 is 1.14 bits per heavy atom. The standard InChI is InChI=1S/C17H16O4/c1-2-20-17(19)16(14-8-4-3-5-9-14)21-15-10-6-7-13(11-15)12-18/h3-12,16H,2H2,1H3. The van der Waals surface area contributed by atoms with Gasteiger partial charge in [-0.2, -0.15) is 0 Å². The zero-order chi connectivity index (χ0) is 15.1. The van der Waals surface area contributed by atoms with Crippen molar-refractivity contribution in [3.63, 3.8) is 0 Å². The monoisotopic (exact) mass is 284 g/mol. The molecule has 0 heterocycles. The third-order valence-corrected chi connectivity index (χ3v) is 2.85. The molecule has 0 saturated heterocycles. The van der Waals surface area contributed by atoms with E-state index in [2.05, 4.69) is 0 Å². The molecule has 0 fully saturated rings. The lowest BCUT2D eigenvalue weighted by molar-refractivity contribution is -0.151. The highest BCUT2D eigenvalue weighted by molar-refractivity contribution is 5.78. The van der Waals surface area contributed by atoms with Gasteiger partial charge in [-0.25, -0.2) is 4.79 Å². The van der Waals surface area contributed by atoms with Crippen molar-refractivity contribution in [2.24, 2.45) is 0 Å². The van der Waals surface area contributed by atoms with Crippen molar-refractivity contribution >= 4 is 12.3 Å². The molecule has 0 aliphatic rings. The maximum atomic E-state index is 12.1. The molecule has 1 unspecified atom stereocenters. The molecule has 0 aromatic heterocycles. The minimum Gasteiger partial charge on any atom is -0.474 e. The van der Waals surface area contributed by atoms with Crippen molar-refractivity contribution in [2.45, 2.75) is 13.0 Å². The number of hydrogen-bond acceptors (Lipinski definition) is 4. The summed E-state index contributed by atoms with van der Waals surface area (Å²) >= 11 is 0. The topological polar surface area (TPSA) is 52.6 Å². The van der Waals surface area contributed by atoms with Crippen LogP contribution in [-0.2, 0) is 9.53 Å². The van der Waals surface area contributed by atoms with Crippen LogP contribution in [0.2, 0.25) is 0 Å². The summed E-state index contributed by atoms with van der Waals surface area (Å²) in [5, 5.41) is 0. The molecule has 108 valence electrons. The summed E-state index contributed by atoms with van der Waals surface area (Å²) in [6.07, 6.45) is -0.123. The van der Waals surface area contributed by atoms with E-state index < -0.39 is 12.1 Å². The Balaban J connectivity index is 2.27. The van der Waals surface area contributed by atoms with Crippen LogP contribution in [0.5, 0.6) is 5.75 Å². The molecule has 2 rings (SSSR count). The van der Waals surface area contributed by atoms with Gasteiger partial charge in [-0.15, -0.1) is 0 Å². The Morgan fingerprint density at radius 2 is 1.90 bits per heavy atom. The lowest BCUT2D eigenvalue weighted by atomic mass is 10.1. The van der Waals surface area contributed by atoms with E-state index >= 15 is 0 Å². The predicted octanol–water partition coefficient (Wildman–Crippen LogP) is 3.18. The molecule has 4 heteroatoms. The van der Waals surface area contributed by atoms with Gasteiger partial charge in [0, 0.05) is 11.1 Å². The van der Waals surface area contributed by atoms with E-state index in [4.69, 9.17) is 9.47 Å². The smallest absolute Gasteiger partial charge is 0.352 e. The van der Waals surface area contributed by atoms with Gasteiger partial charge in [0.05, 0.1) is 6.61 Å². The van der Waals surface area contributed by atoms with E-state index in [1.807, 2.05) is 18.2 Å². The van der Waals surface area contributed by atoms with Crippen LogP contribution in [0.15, 0.2) is 54.6 Å². The van der Waals surface area contributed by atoms with Crippen molar-refractivity contribution in [3.8, 4) is 5.75 Å². The Bertz CT molecular complexity index is 607. The normalized spacial score (nSPS) is 11.5. The lowest BCUT2D eigenvalue weighted by Crippen LogP contribution is -2.21. The van der Waals surface area contributed by atoms with Crippen molar-refractivity contribution in [2.75, 3.05) is 6.61 Å². The summed E-state index contributed by atoms with van der Waals surface area (Å²) in [5.41, 5.74) is 1.19. The quantitative estimate of drug-likeness (QED) is 0.604. The molecule has 0 N–H and O–H groups in total. The van der Waals surface area contributed by atoms with Gasteiger partial charge in [0.15, 0.2) is 0 Å². The van der Waals surface area contributed by atoms with Crippen LogP contribution in [0.4, 0.5) is 0 Å². The van der Waals surface area contributed by atoms with Gasteiger partial charge in [-0.3, -0.25) is 4.79 Å². The first-order valence-corrected chi connectivity index (χ1v) is 6.68. The third-order valence-electron chi connectivity index (χ3n) is 2.85. The zero-order valence-electron chi connectivity index (χ0n) is 11.7. The van der Waals surface area contributed by atoms with E-state index in [-0.39, 0.29) is 6.61 Å². The van der Waals surface area contributed by atoms with E-state index in [1.54, 1.807) is 43.3 Å². The fourth-order valence-electron chi connectivity index (χ4n) is 1.90. The number of esters is 1. The van der Waals surface area contributed by atoms with Gasteiger partial charge >= 0.3 is 5.97 Å². The summed E-state index contributed by atoms with van der Waals surface area (Å²) in [5.74, 6) is -0.0123. The molecule has 1 atom stereocenters. The van der Waals surface area contributed by atoms with Gasteiger partial charge in [0.2, 0.25) is 6.10 Å². The number of rotatable bonds is 6. The first-order chi connectivity index (χ1) is 10.2. The predicted molar refractivity (Wildman–Crippen MR) is 78.3 cm³/mol. The average molecular weight is 284 g/mol. The van der Waals surface area contributed by atoms with Crippen LogP contribution in [0.1, 0.15) is 28.9 Å². The molecule has 4 nitrogen and oxygen atoms in total. The Labute approximate surface area is 123 Å². The number of aldehydes is 1. The largest absolute Gasteiger partial charge is 0.474 e. The second-order valence-corrected chi connectivity index (χ2v) is 4.35. The number of benzene rings is 2. The van der Waals surface area contributed by atoms with E-state index in [0.29, 0.717) is 16.9 Å². The molecular formula is C17H16O4. The molecule has 21 heavy (non-hydrogen) atoms. The molecule has 0 saturated carbocycles. The van der Waals surface area contributed by atoms with Crippen LogP contribution >= 0.6 is 0 Å². The Kier molecular flexibility index (Phi) is 5.10. The molecule has 0 amide bonds. The van der Waals surface area contributed by atoms with E-state index in [1.165, 1.54) is 0 Å². The van der Waals surface area contributed by atoms with Gasteiger partial charge in [-0.05, 0) is 19.1 Å². The highest BCUT2D eigenvalue weighted by atomic mass is 16.6. The summed E-state index contributed by atoms with van der Waals surface area (Å²) < 4.78 is 10.8. The summed E-state index contributed by atoms with van der Waals surface area (Å²) in [6.45, 7) is 2.02. The fraction of sp³-hybridized carbons (Fsp3) is 0.176. The van der Waals surface area contributed by atoms with Crippen LogP contribution < -0.4 is 4.74 Å². The second kappa shape index (κ2) is 7.24. The van der Waals surface area contributed by atoms with Gasteiger partial charge in [-0.1, -0.05) is 42.5 Å². The number of carbonyl (C=O) groups excluding carboxylic acids is 2. The maximum absolute atomic E-state index is 12.1. The maximum Gasteiger partial charge on any atom is 0.352 e. The minimum atomic E-state index is -0.854. The van der Waals surface area contributed by atoms with E-state index in [9.17, 15) is 9.59 Å². The highest BCUT2D eigenvalue weighted by Crippen LogP contribution is 2.23. The van der Waals surface area contributed by atoms with Crippen LogP contribution in [-0.4, -0.2) is 18.9 Å². The van der Waals surface area contributed by atoms with Gasteiger partial charge in [0.25, 0.3) is 0 Å². The van der Waals surface area contributed by atoms with Crippen molar-refractivity contribution < 1.29 is 19.1 Å². The van der Waals surface area contributed by atoms with Crippen LogP contribution in [0.25, 0.3) is 0 Å².